The van der Waals surface area contributed by atoms with Crippen LogP contribution in [0.4, 0.5) is 0 Å². The Morgan fingerprint density at radius 1 is 1.00 bits per heavy atom. The fourth-order valence-corrected chi connectivity index (χ4v) is 3.09. The molecule has 3 nitrogen and oxygen atoms in total. The van der Waals surface area contributed by atoms with Crippen molar-refractivity contribution >= 4 is 5.97 Å². The number of carbonyl (C=O) groups is 1. The van der Waals surface area contributed by atoms with Crippen molar-refractivity contribution in [2.24, 2.45) is 0 Å². The molecule has 1 aliphatic rings. The van der Waals surface area contributed by atoms with E-state index in [1.807, 2.05) is 55.5 Å². The molecule has 1 saturated heterocycles. The van der Waals surface area contributed by atoms with Crippen molar-refractivity contribution < 1.29 is 9.53 Å². The van der Waals surface area contributed by atoms with Crippen molar-refractivity contribution in [2.75, 3.05) is 6.54 Å². The summed E-state index contributed by atoms with van der Waals surface area (Å²) < 4.78 is 5.68. The van der Waals surface area contributed by atoms with E-state index in [2.05, 4.69) is 24.0 Å². The monoisotopic (exact) mass is 309 g/mol. The molecule has 0 bridgehead atoms. The van der Waals surface area contributed by atoms with Crippen LogP contribution in [0.3, 0.4) is 0 Å². The minimum atomic E-state index is -0.210. The van der Waals surface area contributed by atoms with Gasteiger partial charge in [0.05, 0.1) is 0 Å². The SMILES string of the molecule is CC(OC(=O)C1CCN1C(C)c1ccccc1)c1ccccc1. The zero-order valence-electron chi connectivity index (χ0n) is 13.7. The third kappa shape index (κ3) is 3.45. The average Bonchev–Trinajstić information content (AvgIpc) is 2.55. The van der Waals surface area contributed by atoms with Crippen molar-refractivity contribution in [1.82, 2.24) is 4.90 Å². The van der Waals surface area contributed by atoms with Crippen LogP contribution < -0.4 is 0 Å². The molecule has 0 spiro atoms. The van der Waals surface area contributed by atoms with E-state index < -0.39 is 0 Å². The minimum Gasteiger partial charge on any atom is -0.457 e. The summed E-state index contributed by atoms with van der Waals surface area (Å²) in [6.45, 7) is 5.02. The van der Waals surface area contributed by atoms with Gasteiger partial charge in [-0.3, -0.25) is 9.69 Å². The van der Waals surface area contributed by atoms with Gasteiger partial charge >= 0.3 is 5.97 Å². The summed E-state index contributed by atoms with van der Waals surface area (Å²) in [5.74, 6) is -0.115. The second-order valence-electron chi connectivity index (χ2n) is 6.12. The first kappa shape index (κ1) is 15.8. The predicted octanol–water partition coefficient (Wildman–Crippen LogP) is 4.13. The van der Waals surface area contributed by atoms with Gasteiger partial charge in [0.2, 0.25) is 0 Å². The number of ether oxygens (including phenoxy) is 1. The highest BCUT2D eigenvalue weighted by Gasteiger charge is 2.39. The molecule has 2 aromatic carbocycles. The smallest absolute Gasteiger partial charge is 0.324 e. The first-order valence-corrected chi connectivity index (χ1v) is 8.23. The van der Waals surface area contributed by atoms with Gasteiger partial charge in [0.25, 0.3) is 0 Å². The van der Waals surface area contributed by atoms with E-state index in [0.717, 1.165) is 18.5 Å². The molecule has 3 unspecified atom stereocenters. The molecule has 3 rings (SSSR count). The van der Waals surface area contributed by atoms with Crippen LogP contribution in [0.2, 0.25) is 0 Å². The Morgan fingerprint density at radius 2 is 1.57 bits per heavy atom. The molecule has 0 saturated carbocycles. The maximum absolute atomic E-state index is 12.5. The molecular formula is C20H23NO2. The maximum Gasteiger partial charge on any atom is 0.324 e. The van der Waals surface area contributed by atoms with Gasteiger partial charge in [-0.1, -0.05) is 60.7 Å². The highest BCUT2D eigenvalue weighted by Crippen LogP contribution is 2.31. The number of rotatable bonds is 5. The summed E-state index contributed by atoms with van der Waals surface area (Å²) in [5.41, 5.74) is 2.27. The van der Waals surface area contributed by atoms with Crippen LogP contribution in [0.5, 0.6) is 0 Å². The highest BCUT2D eigenvalue weighted by molar-refractivity contribution is 5.77. The molecule has 0 aliphatic carbocycles. The van der Waals surface area contributed by atoms with Crippen LogP contribution in [-0.4, -0.2) is 23.5 Å². The lowest BCUT2D eigenvalue weighted by atomic mass is 9.96. The Labute approximate surface area is 137 Å². The van der Waals surface area contributed by atoms with E-state index in [-0.39, 0.29) is 24.2 Å². The van der Waals surface area contributed by atoms with Gasteiger partial charge in [-0.25, -0.2) is 0 Å². The van der Waals surface area contributed by atoms with Gasteiger partial charge < -0.3 is 4.74 Å². The van der Waals surface area contributed by atoms with E-state index in [0.29, 0.717) is 0 Å². The number of hydrogen-bond acceptors (Lipinski definition) is 3. The van der Waals surface area contributed by atoms with Gasteiger partial charge in [0.15, 0.2) is 0 Å². The van der Waals surface area contributed by atoms with Crippen molar-refractivity contribution in [3.8, 4) is 0 Å². The highest BCUT2D eigenvalue weighted by atomic mass is 16.5. The van der Waals surface area contributed by atoms with Crippen LogP contribution in [0.1, 0.15) is 43.5 Å². The lowest BCUT2D eigenvalue weighted by molar-refractivity contribution is -0.162. The number of nitrogens with zero attached hydrogens (tertiary/aromatic N) is 1. The third-order valence-corrected chi connectivity index (χ3v) is 4.67. The molecular weight excluding hydrogens is 286 g/mol. The number of likely N-dealkylation sites (tertiary alicyclic amines) is 1. The van der Waals surface area contributed by atoms with E-state index in [1.54, 1.807) is 0 Å². The summed E-state index contributed by atoms with van der Waals surface area (Å²) in [5, 5.41) is 0. The van der Waals surface area contributed by atoms with Crippen molar-refractivity contribution in [1.29, 1.82) is 0 Å². The first-order valence-electron chi connectivity index (χ1n) is 8.23. The summed E-state index contributed by atoms with van der Waals surface area (Å²) >= 11 is 0. The summed E-state index contributed by atoms with van der Waals surface area (Å²) in [7, 11) is 0. The molecule has 0 aromatic heterocycles. The predicted molar refractivity (Wildman–Crippen MR) is 90.9 cm³/mol. The van der Waals surface area contributed by atoms with E-state index in [4.69, 9.17) is 4.74 Å². The second kappa shape index (κ2) is 6.97. The van der Waals surface area contributed by atoms with Crippen LogP contribution in [0, 0.1) is 0 Å². The van der Waals surface area contributed by atoms with Crippen molar-refractivity contribution in [3.63, 3.8) is 0 Å². The quantitative estimate of drug-likeness (QED) is 0.778. The fraction of sp³-hybridized carbons (Fsp3) is 0.350. The standard InChI is InChI=1S/C20H23NO2/c1-15(17-9-5-3-6-10-17)21-14-13-19(21)20(22)23-16(2)18-11-7-4-8-12-18/h3-12,15-16,19H,13-14H2,1-2H3. The van der Waals surface area contributed by atoms with Crippen LogP contribution in [-0.2, 0) is 9.53 Å². The number of esters is 1. The summed E-state index contributed by atoms with van der Waals surface area (Å²) in [4.78, 5) is 14.7. The largest absolute Gasteiger partial charge is 0.457 e. The van der Waals surface area contributed by atoms with Gasteiger partial charge in [-0.05, 0) is 31.4 Å². The number of carbonyl (C=O) groups excluding carboxylic acids is 1. The first-order chi connectivity index (χ1) is 11.2. The molecule has 0 amide bonds. The van der Waals surface area contributed by atoms with E-state index in [1.165, 1.54) is 5.56 Å². The average molecular weight is 309 g/mol. The summed E-state index contributed by atoms with van der Waals surface area (Å²) in [6.07, 6.45) is 0.663. The van der Waals surface area contributed by atoms with E-state index in [9.17, 15) is 4.79 Å². The van der Waals surface area contributed by atoms with Gasteiger partial charge in [-0.2, -0.15) is 0 Å². The van der Waals surface area contributed by atoms with Crippen LogP contribution in [0.25, 0.3) is 0 Å². The van der Waals surface area contributed by atoms with Crippen molar-refractivity contribution in [2.45, 2.75) is 38.5 Å². The van der Waals surface area contributed by atoms with E-state index >= 15 is 0 Å². The molecule has 1 heterocycles. The normalized spacial score (nSPS) is 20.3. The summed E-state index contributed by atoms with van der Waals surface area (Å²) in [6, 6.07) is 20.3. The molecule has 3 atom stereocenters. The molecule has 120 valence electrons. The molecule has 0 radical (unpaired) electrons. The fourth-order valence-electron chi connectivity index (χ4n) is 3.09. The molecule has 2 aromatic rings. The van der Waals surface area contributed by atoms with Crippen molar-refractivity contribution in [3.05, 3.63) is 71.8 Å². The Morgan fingerprint density at radius 3 is 2.09 bits per heavy atom. The molecule has 1 fully saturated rings. The van der Waals surface area contributed by atoms with Gasteiger partial charge in [-0.15, -0.1) is 0 Å². The topological polar surface area (TPSA) is 29.5 Å². The maximum atomic E-state index is 12.5. The Bertz CT molecular complexity index is 641. The number of hydrogen-bond donors (Lipinski definition) is 0. The lowest BCUT2D eigenvalue weighted by Gasteiger charge is -2.43. The second-order valence-corrected chi connectivity index (χ2v) is 6.12. The molecule has 0 N–H and O–H groups in total. The molecule has 1 aliphatic heterocycles. The van der Waals surface area contributed by atoms with Crippen LogP contribution >= 0.6 is 0 Å². The van der Waals surface area contributed by atoms with Gasteiger partial charge in [0, 0.05) is 12.6 Å². The Hall–Kier alpha value is -2.13. The number of benzene rings is 2. The van der Waals surface area contributed by atoms with Crippen LogP contribution in [0.15, 0.2) is 60.7 Å². The minimum absolute atomic E-state index is 0.115. The van der Waals surface area contributed by atoms with Gasteiger partial charge in [0.1, 0.15) is 12.1 Å². The zero-order valence-corrected chi connectivity index (χ0v) is 13.7. The Kier molecular flexibility index (Phi) is 4.77. The zero-order chi connectivity index (χ0) is 16.2. The molecule has 3 heteroatoms. The molecule has 23 heavy (non-hydrogen) atoms. The Balaban J connectivity index is 1.62. The lowest BCUT2D eigenvalue weighted by Crippen LogP contribution is -2.53. The third-order valence-electron chi connectivity index (χ3n) is 4.67.